The van der Waals surface area contributed by atoms with Crippen LogP contribution in [-0.4, -0.2) is 0 Å². The first kappa shape index (κ1) is 29.9. The third kappa shape index (κ3) is 5.19. The number of fused-ring (bicyclic) bond motifs is 4. The van der Waals surface area contributed by atoms with E-state index in [9.17, 15) is 0 Å². The van der Waals surface area contributed by atoms with Crippen molar-refractivity contribution in [1.82, 2.24) is 0 Å². The van der Waals surface area contributed by atoms with Crippen LogP contribution in [0.4, 0.5) is 17.1 Å². The molecular formula is C49H37N. The molecule has 1 aliphatic rings. The number of hydrogen-bond donors (Lipinski definition) is 0. The first-order chi connectivity index (χ1) is 24.5. The zero-order chi connectivity index (χ0) is 33.7. The van der Waals surface area contributed by atoms with Gasteiger partial charge < -0.3 is 4.90 Å². The number of anilines is 3. The van der Waals surface area contributed by atoms with Crippen molar-refractivity contribution in [1.29, 1.82) is 0 Å². The Hall–Kier alpha value is -6.18. The number of allylic oxidation sites excluding steroid dienone is 1. The van der Waals surface area contributed by atoms with Gasteiger partial charge in [0, 0.05) is 22.5 Å². The van der Waals surface area contributed by atoms with Crippen LogP contribution in [0, 0.1) is 0 Å². The van der Waals surface area contributed by atoms with Gasteiger partial charge in [0.2, 0.25) is 0 Å². The Labute approximate surface area is 294 Å². The second kappa shape index (κ2) is 12.1. The average molecular weight is 640 g/mol. The third-order valence-electron chi connectivity index (χ3n) is 10.4. The third-order valence-corrected chi connectivity index (χ3v) is 10.4. The largest absolute Gasteiger partial charge is 0.311 e. The smallest absolute Gasteiger partial charge is 0.0462 e. The van der Waals surface area contributed by atoms with Crippen molar-refractivity contribution >= 4 is 50.3 Å². The topological polar surface area (TPSA) is 3.24 Å². The summed E-state index contributed by atoms with van der Waals surface area (Å²) in [5, 5.41) is 5.15. The van der Waals surface area contributed by atoms with Gasteiger partial charge in [0.15, 0.2) is 0 Å². The van der Waals surface area contributed by atoms with Gasteiger partial charge in [0.1, 0.15) is 0 Å². The molecule has 0 spiro atoms. The van der Waals surface area contributed by atoms with E-state index in [1.807, 2.05) is 0 Å². The molecule has 8 aromatic carbocycles. The number of hydrogen-bond acceptors (Lipinski definition) is 1. The molecule has 1 heteroatoms. The molecule has 0 aliphatic heterocycles. The molecule has 0 unspecified atom stereocenters. The molecule has 0 N–H and O–H groups in total. The number of benzene rings is 8. The lowest BCUT2D eigenvalue weighted by Crippen LogP contribution is -2.17. The van der Waals surface area contributed by atoms with Crippen LogP contribution in [0.5, 0.6) is 0 Å². The Morgan fingerprint density at radius 3 is 1.52 bits per heavy atom. The summed E-state index contributed by atoms with van der Waals surface area (Å²) in [7, 11) is 0. The van der Waals surface area contributed by atoms with Crippen molar-refractivity contribution in [2.75, 3.05) is 4.90 Å². The van der Waals surface area contributed by atoms with Crippen molar-refractivity contribution in [2.24, 2.45) is 0 Å². The first-order valence-electron chi connectivity index (χ1n) is 17.4. The molecular weight excluding hydrogens is 603 g/mol. The highest BCUT2D eigenvalue weighted by atomic mass is 15.1. The summed E-state index contributed by atoms with van der Waals surface area (Å²) in [6, 6.07) is 66.2. The van der Waals surface area contributed by atoms with E-state index in [0.29, 0.717) is 0 Å². The van der Waals surface area contributed by atoms with E-state index >= 15 is 0 Å². The Balaban J connectivity index is 1.09. The summed E-state index contributed by atoms with van der Waals surface area (Å²) in [5.74, 6) is 0. The summed E-state index contributed by atoms with van der Waals surface area (Å²) in [4.78, 5) is 2.36. The van der Waals surface area contributed by atoms with E-state index in [2.05, 4.69) is 207 Å². The molecule has 9 rings (SSSR count). The van der Waals surface area contributed by atoms with Gasteiger partial charge in [-0.25, -0.2) is 0 Å². The quantitative estimate of drug-likeness (QED) is 0.175. The number of rotatable bonds is 6. The van der Waals surface area contributed by atoms with Crippen molar-refractivity contribution in [3.05, 3.63) is 199 Å². The van der Waals surface area contributed by atoms with E-state index in [1.54, 1.807) is 0 Å². The Morgan fingerprint density at radius 1 is 0.380 bits per heavy atom. The van der Waals surface area contributed by atoms with Crippen LogP contribution in [0.15, 0.2) is 182 Å². The van der Waals surface area contributed by atoms with Crippen molar-refractivity contribution in [3.63, 3.8) is 0 Å². The van der Waals surface area contributed by atoms with E-state index in [4.69, 9.17) is 0 Å². The molecule has 0 atom stereocenters. The minimum Gasteiger partial charge on any atom is -0.311 e. The maximum Gasteiger partial charge on any atom is 0.0462 e. The van der Waals surface area contributed by atoms with E-state index in [1.165, 1.54) is 66.1 Å². The van der Waals surface area contributed by atoms with E-state index < -0.39 is 0 Å². The standard InChI is InChI=1S/C49H37N/c1-49(2)47(33-42-19-17-38-13-8-9-15-46(38)48(42)49)39-24-30-45(31-25-39)50(43-26-20-36(21-27-43)34-10-4-3-5-11-34)44-28-22-37(23-29-44)41-18-16-35-12-6-7-14-40(35)32-41/h3-33H,1-2H3. The highest BCUT2D eigenvalue weighted by Gasteiger charge is 2.35. The van der Waals surface area contributed by atoms with Crippen LogP contribution >= 0.6 is 0 Å². The second-order valence-electron chi connectivity index (χ2n) is 13.8. The van der Waals surface area contributed by atoms with Crippen molar-refractivity contribution in [2.45, 2.75) is 19.3 Å². The summed E-state index contributed by atoms with van der Waals surface area (Å²) in [5.41, 5.74) is 13.5. The maximum absolute atomic E-state index is 2.39. The molecule has 0 amide bonds. The Kier molecular flexibility index (Phi) is 7.21. The Morgan fingerprint density at radius 2 is 0.860 bits per heavy atom. The molecule has 8 aromatic rings. The van der Waals surface area contributed by atoms with E-state index in [0.717, 1.165) is 17.1 Å². The van der Waals surface area contributed by atoms with Gasteiger partial charge in [-0.2, -0.15) is 0 Å². The number of nitrogens with zero attached hydrogens (tertiary/aromatic N) is 1. The molecule has 238 valence electrons. The summed E-state index contributed by atoms with van der Waals surface area (Å²) >= 11 is 0. The normalized spacial score (nSPS) is 13.3. The van der Waals surface area contributed by atoms with Crippen molar-refractivity contribution in [3.8, 4) is 22.3 Å². The minimum absolute atomic E-state index is 0.108. The lowest BCUT2D eigenvalue weighted by atomic mass is 9.77. The highest BCUT2D eigenvalue weighted by molar-refractivity contribution is 6.02. The zero-order valence-corrected chi connectivity index (χ0v) is 28.3. The molecule has 0 saturated heterocycles. The fourth-order valence-corrected chi connectivity index (χ4v) is 7.86. The predicted octanol–water partition coefficient (Wildman–Crippen LogP) is 13.6. The summed E-state index contributed by atoms with van der Waals surface area (Å²) in [6.45, 7) is 4.73. The van der Waals surface area contributed by atoms with Crippen LogP contribution in [0.3, 0.4) is 0 Å². The van der Waals surface area contributed by atoms with Gasteiger partial charge in [-0.1, -0.05) is 153 Å². The highest BCUT2D eigenvalue weighted by Crippen LogP contribution is 2.49. The fraction of sp³-hybridized carbons (Fsp3) is 0.0612. The van der Waals surface area contributed by atoms with Gasteiger partial charge in [-0.15, -0.1) is 0 Å². The second-order valence-corrected chi connectivity index (χ2v) is 13.8. The molecule has 50 heavy (non-hydrogen) atoms. The fourth-order valence-electron chi connectivity index (χ4n) is 7.86. The lowest BCUT2D eigenvalue weighted by Gasteiger charge is -2.28. The molecule has 0 radical (unpaired) electrons. The Bertz CT molecular complexity index is 2520. The molecule has 0 aromatic heterocycles. The van der Waals surface area contributed by atoms with Crippen LogP contribution < -0.4 is 4.90 Å². The minimum atomic E-state index is -0.108. The maximum atomic E-state index is 2.39. The van der Waals surface area contributed by atoms with Gasteiger partial charge in [-0.3, -0.25) is 0 Å². The van der Waals surface area contributed by atoms with E-state index in [-0.39, 0.29) is 5.41 Å². The van der Waals surface area contributed by atoms with Gasteiger partial charge >= 0.3 is 0 Å². The molecule has 1 nitrogen and oxygen atoms in total. The SMILES string of the molecule is CC1(C)C(c2ccc(N(c3ccc(-c4ccccc4)cc3)c3ccc(-c4ccc5ccccc5c4)cc3)cc2)=Cc2ccc3ccccc3c21. The summed E-state index contributed by atoms with van der Waals surface area (Å²) in [6.07, 6.45) is 2.39. The van der Waals surface area contributed by atoms with Gasteiger partial charge in [0.05, 0.1) is 0 Å². The first-order valence-corrected chi connectivity index (χ1v) is 17.4. The monoisotopic (exact) mass is 639 g/mol. The predicted molar refractivity (Wildman–Crippen MR) is 214 cm³/mol. The molecule has 0 bridgehead atoms. The van der Waals surface area contributed by atoms with Gasteiger partial charge in [-0.05, 0) is 115 Å². The van der Waals surface area contributed by atoms with Crippen LogP contribution in [0.2, 0.25) is 0 Å². The average Bonchev–Trinajstić information content (AvgIpc) is 3.46. The molecule has 0 saturated carbocycles. The van der Waals surface area contributed by atoms with Crippen LogP contribution in [-0.2, 0) is 5.41 Å². The van der Waals surface area contributed by atoms with Crippen molar-refractivity contribution < 1.29 is 0 Å². The van der Waals surface area contributed by atoms with Crippen LogP contribution in [0.1, 0.15) is 30.5 Å². The molecule has 0 fully saturated rings. The van der Waals surface area contributed by atoms with Gasteiger partial charge in [0.25, 0.3) is 0 Å². The summed E-state index contributed by atoms with van der Waals surface area (Å²) < 4.78 is 0. The lowest BCUT2D eigenvalue weighted by molar-refractivity contribution is 0.711. The zero-order valence-electron chi connectivity index (χ0n) is 28.3. The molecule has 0 heterocycles. The van der Waals surface area contributed by atoms with Crippen LogP contribution in [0.25, 0.3) is 55.4 Å². The molecule has 1 aliphatic carbocycles.